The van der Waals surface area contributed by atoms with Gasteiger partial charge in [0.2, 0.25) is 0 Å². The van der Waals surface area contributed by atoms with E-state index in [4.69, 9.17) is 5.73 Å². The van der Waals surface area contributed by atoms with Gasteiger partial charge in [0.15, 0.2) is 0 Å². The van der Waals surface area contributed by atoms with Crippen LogP contribution in [0, 0.1) is 5.92 Å². The van der Waals surface area contributed by atoms with E-state index >= 15 is 0 Å². The zero-order valence-electron chi connectivity index (χ0n) is 9.61. The Balaban J connectivity index is 1.99. The summed E-state index contributed by atoms with van der Waals surface area (Å²) in [4.78, 5) is 0. The highest BCUT2D eigenvalue weighted by Crippen LogP contribution is 2.31. The molecule has 1 saturated carbocycles. The van der Waals surface area contributed by atoms with E-state index < -0.39 is 0 Å². The van der Waals surface area contributed by atoms with E-state index in [1.807, 2.05) is 13.2 Å². The van der Waals surface area contributed by atoms with Gasteiger partial charge in [0.05, 0.1) is 5.69 Å². The Bertz CT molecular complexity index is 323. The Kier molecular flexibility index (Phi) is 2.78. The summed E-state index contributed by atoms with van der Waals surface area (Å²) in [5.74, 6) is 0.837. The average molecular weight is 208 g/mol. The molecule has 1 aromatic rings. The fourth-order valence-corrected chi connectivity index (χ4v) is 2.35. The Labute approximate surface area is 90.8 Å². The van der Waals surface area contributed by atoms with Crippen molar-refractivity contribution in [2.24, 2.45) is 18.7 Å². The van der Waals surface area contributed by atoms with E-state index in [0.717, 1.165) is 30.9 Å². The Hall–Kier alpha value is -0.900. The lowest BCUT2D eigenvalue weighted by atomic mass is 9.75. The van der Waals surface area contributed by atoms with Crippen molar-refractivity contribution < 1.29 is 0 Å². The molecule has 2 rings (SSSR count). The summed E-state index contributed by atoms with van der Waals surface area (Å²) in [6.07, 6.45) is 7.56. The molecule has 2 N–H and O–H groups in total. The lowest BCUT2D eigenvalue weighted by Crippen LogP contribution is -2.45. The van der Waals surface area contributed by atoms with Crippen molar-refractivity contribution in [3.8, 4) is 0 Å². The molecule has 0 aliphatic heterocycles. The lowest BCUT2D eigenvalue weighted by Gasteiger charge is -2.35. The largest absolute Gasteiger partial charge is 0.325 e. The summed E-state index contributed by atoms with van der Waals surface area (Å²) in [5.41, 5.74) is 7.37. The standard InChI is InChI=1S/C11H20N4/c1-9-3-5-11(12,6-4-9)7-10-8-15(2)14-13-10/h8-9H,3-7,12H2,1-2H3. The normalized spacial score (nSPS) is 31.8. The van der Waals surface area contributed by atoms with E-state index in [1.165, 1.54) is 12.8 Å². The van der Waals surface area contributed by atoms with Crippen LogP contribution >= 0.6 is 0 Å². The van der Waals surface area contributed by atoms with Gasteiger partial charge >= 0.3 is 0 Å². The Morgan fingerprint density at radius 1 is 1.53 bits per heavy atom. The fourth-order valence-electron chi connectivity index (χ4n) is 2.35. The number of aryl methyl sites for hydroxylation is 1. The minimum Gasteiger partial charge on any atom is -0.325 e. The van der Waals surface area contributed by atoms with Crippen LogP contribution in [0.15, 0.2) is 6.20 Å². The van der Waals surface area contributed by atoms with Crippen LogP contribution in [0.2, 0.25) is 0 Å². The van der Waals surface area contributed by atoms with Gasteiger partial charge in [-0.1, -0.05) is 12.1 Å². The molecule has 4 heteroatoms. The maximum atomic E-state index is 6.39. The van der Waals surface area contributed by atoms with Crippen molar-refractivity contribution in [2.75, 3.05) is 0 Å². The smallest absolute Gasteiger partial charge is 0.0845 e. The Morgan fingerprint density at radius 2 is 2.20 bits per heavy atom. The first kappa shape index (κ1) is 10.6. The lowest BCUT2D eigenvalue weighted by molar-refractivity contribution is 0.242. The van der Waals surface area contributed by atoms with Crippen LogP contribution in [0.3, 0.4) is 0 Å². The first-order chi connectivity index (χ1) is 7.07. The second-order valence-electron chi connectivity index (χ2n) is 5.11. The second kappa shape index (κ2) is 3.93. The van der Waals surface area contributed by atoms with Crippen LogP contribution in [0.4, 0.5) is 0 Å². The molecule has 0 amide bonds. The molecule has 0 unspecified atom stereocenters. The SMILES string of the molecule is CC1CCC(N)(Cc2cn(C)nn2)CC1. The molecule has 1 aromatic heterocycles. The number of hydrogen-bond donors (Lipinski definition) is 1. The van der Waals surface area contributed by atoms with Crippen LogP contribution in [0.25, 0.3) is 0 Å². The van der Waals surface area contributed by atoms with E-state index in [-0.39, 0.29) is 5.54 Å². The molecule has 1 aliphatic rings. The summed E-state index contributed by atoms with van der Waals surface area (Å²) in [6.45, 7) is 2.31. The summed E-state index contributed by atoms with van der Waals surface area (Å²) < 4.78 is 1.74. The van der Waals surface area contributed by atoms with Gasteiger partial charge < -0.3 is 5.73 Å². The van der Waals surface area contributed by atoms with Gasteiger partial charge in [-0.2, -0.15) is 0 Å². The van der Waals surface area contributed by atoms with Gasteiger partial charge in [0, 0.05) is 25.2 Å². The van der Waals surface area contributed by atoms with Gasteiger partial charge in [-0.15, -0.1) is 5.10 Å². The summed E-state index contributed by atoms with van der Waals surface area (Å²) in [6, 6.07) is 0. The first-order valence-corrected chi connectivity index (χ1v) is 5.71. The maximum absolute atomic E-state index is 6.39. The van der Waals surface area contributed by atoms with Crippen molar-refractivity contribution in [1.29, 1.82) is 0 Å². The zero-order valence-corrected chi connectivity index (χ0v) is 9.61. The Morgan fingerprint density at radius 3 is 2.73 bits per heavy atom. The molecule has 84 valence electrons. The quantitative estimate of drug-likeness (QED) is 0.796. The monoisotopic (exact) mass is 208 g/mol. The van der Waals surface area contributed by atoms with Crippen molar-refractivity contribution in [3.05, 3.63) is 11.9 Å². The predicted octanol–water partition coefficient (Wildman–Crippen LogP) is 1.27. The highest BCUT2D eigenvalue weighted by Gasteiger charge is 2.31. The van der Waals surface area contributed by atoms with Crippen molar-refractivity contribution in [3.63, 3.8) is 0 Å². The first-order valence-electron chi connectivity index (χ1n) is 5.71. The number of nitrogens with two attached hydrogens (primary N) is 1. The van der Waals surface area contributed by atoms with Crippen molar-refractivity contribution in [1.82, 2.24) is 15.0 Å². The maximum Gasteiger partial charge on any atom is 0.0845 e. The van der Waals surface area contributed by atoms with Crippen LogP contribution in [0.1, 0.15) is 38.3 Å². The van der Waals surface area contributed by atoms with Gasteiger partial charge in [0.1, 0.15) is 0 Å². The molecule has 0 bridgehead atoms. The minimum atomic E-state index is -0.0391. The highest BCUT2D eigenvalue weighted by molar-refractivity contribution is 5.03. The third-order valence-electron chi connectivity index (χ3n) is 3.45. The van der Waals surface area contributed by atoms with E-state index in [1.54, 1.807) is 4.68 Å². The van der Waals surface area contributed by atoms with Crippen LogP contribution < -0.4 is 5.73 Å². The molecule has 1 heterocycles. The molecule has 0 aromatic carbocycles. The van der Waals surface area contributed by atoms with Gasteiger partial charge in [-0.3, -0.25) is 4.68 Å². The second-order valence-corrected chi connectivity index (χ2v) is 5.11. The molecule has 0 radical (unpaired) electrons. The van der Waals surface area contributed by atoms with Crippen LogP contribution in [0.5, 0.6) is 0 Å². The number of hydrogen-bond acceptors (Lipinski definition) is 3. The number of rotatable bonds is 2. The molecule has 1 aliphatic carbocycles. The molecule has 15 heavy (non-hydrogen) atoms. The molecule has 4 nitrogen and oxygen atoms in total. The topological polar surface area (TPSA) is 56.7 Å². The van der Waals surface area contributed by atoms with Crippen molar-refractivity contribution in [2.45, 2.75) is 44.6 Å². The van der Waals surface area contributed by atoms with Crippen molar-refractivity contribution >= 4 is 0 Å². The summed E-state index contributed by atoms with van der Waals surface area (Å²) in [5, 5.41) is 8.05. The molecule has 1 fully saturated rings. The van der Waals surface area contributed by atoms with E-state index in [9.17, 15) is 0 Å². The number of aromatic nitrogens is 3. The summed E-state index contributed by atoms with van der Waals surface area (Å²) in [7, 11) is 1.89. The van der Waals surface area contributed by atoms with Gasteiger partial charge in [0.25, 0.3) is 0 Å². The van der Waals surface area contributed by atoms with Gasteiger partial charge in [-0.25, -0.2) is 0 Å². The predicted molar refractivity (Wildman–Crippen MR) is 59.3 cm³/mol. The zero-order chi connectivity index (χ0) is 10.9. The third kappa shape index (κ3) is 2.56. The number of nitrogens with zero attached hydrogens (tertiary/aromatic N) is 3. The van der Waals surface area contributed by atoms with Crippen LogP contribution in [-0.2, 0) is 13.5 Å². The van der Waals surface area contributed by atoms with Gasteiger partial charge in [-0.05, 0) is 31.6 Å². The third-order valence-corrected chi connectivity index (χ3v) is 3.45. The molecule has 0 spiro atoms. The minimum absolute atomic E-state index is 0.0391. The molecule has 0 atom stereocenters. The fraction of sp³-hybridized carbons (Fsp3) is 0.818. The molecule has 0 saturated heterocycles. The summed E-state index contributed by atoms with van der Waals surface area (Å²) >= 11 is 0. The van der Waals surface area contributed by atoms with E-state index in [0.29, 0.717) is 0 Å². The molecular formula is C11H20N4. The van der Waals surface area contributed by atoms with Crippen LogP contribution in [-0.4, -0.2) is 20.5 Å². The highest BCUT2D eigenvalue weighted by atomic mass is 15.4. The van der Waals surface area contributed by atoms with E-state index in [2.05, 4.69) is 17.2 Å². The average Bonchev–Trinajstić information content (AvgIpc) is 2.57. The molecular weight excluding hydrogens is 188 g/mol.